The number of rotatable bonds is 2. The van der Waals surface area contributed by atoms with Gasteiger partial charge in [-0.3, -0.25) is 0 Å². The van der Waals surface area contributed by atoms with Gasteiger partial charge in [-0.25, -0.2) is 0 Å². The van der Waals surface area contributed by atoms with E-state index in [1.54, 1.807) is 0 Å². The van der Waals surface area contributed by atoms with Crippen molar-refractivity contribution in [1.29, 1.82) is 0 Å². The first-order valence-corrected chi connectivity index (χ1v) is 9.45. The molecule has 3 heteroatoms. The molecule has 0 amide bonds. The maximum absolute atomic E-state index is 5.88. The molecule has 2 nitrogen and oxygen atoms in total. The van der Waals surface area contributed by atoms with Gasteiger partial charge in [0.2, 0.25) is 0 Å². The lowest BCUT2D eigenvalue weighted by atomic mass is 9.87. The SMILES string of the molecule is CC1CCCCCCC2C(C1)N(C(C)C)C(=S)N2C(C)C. The molecule has 2 rings (SSSR count). The van der Waals surface area contributed by atoms with E-state index < -0.39 is 0 Å². The van der Waals surface area contributed by atoms with Crippen molar-refractivity contribution in [3.05, 3.63) is 0 Å². The van der Waals surface area contributed by atoms with Crippen LogP contribution < -0.4 is 0 Å². The second-order valence-corrected chi connectivity index (χ2v) is 8.12. The molecule has 2 aliphatic rings. The Morgan fingerprint density at radius 3 is 1.95 bits per heavy atom. The Morgan fingerprint density at radius 1 is 0.857 bits per heavy atom. The highest BCUT2D eigenvalue weighted by Crippen LogP contribution is 2.36. The number of fused-ring (bicyclic) bond motifs is 1. The van der Waals surface area contributed by atoms with Gasteiger partial charge in [-0.1, -0.05) is 39.0 Å². The summed E-state index contributed by atoms with van der Waals surface area (Å²) in [4.78, 5) is 5.10. The zero-order chi connectivity index (χ0) is 15.6. The van der Waals surface area contributed by atoms with E-state index in [1.807, 2.05) is 0 Å². The molecule has 0 aromatic heterocycles. The van der Waals surface area contributed by atoms with E-state index >= 15 is 0 Å². The molecule has 3 atom stereocenters. The van der Waals surface area contributed by atoms with Crippen molar-refractivity contribution < 1.29 is 0 Å². The Labute approximate surface area is 137 Å². The Kier molecular flexibility index (Phi) is 5.93. The van der Waals surface area contributed by atoms with Crippen LogP contribution >= 0.6 is 12.2 Å². The summed E-state index contributed by atoms with van der Waals surface area (Å²) in [7, 11) is 0. The molecule has 1 saturated carbocycles. The Morgan fingerprint density at radius 2 is 1.38 bits per heavy atom. The van der Waals surface area contributed by atoms with Crippen molar-refractivity contribution in [3.8, 4) is 0 Å². The van der Waals surface area contributed by atoms with E-state index in [1.165, 1.54) is 44.9 Å². The van der Waals surface area contributed by atoms with Crippen LogP contribution in [0, 0.1) is 5.92 Å². The molecule has 3 unspecified atom stereocenters. The first-order chi connectivity index (χ1) is 9.93. The summed E-state index contributed by atoms with van der Waals surface area (Å²) in [6.07, 6.45) is 9.62. The minimum atomic E-state index is 0.517. The highest BCUT2D eigenvalue weighted by atomic mass is 32.1. The predicted molar refractivity (Wildman–Crippen MR) is 95.6 cm³/mol. The molecular weight excluding hydrogens is 276 g/mol. The normalized spacial score (nSPS) is 32.0. The highest BCUT2D eigenvalue weighted by Gasteiger charge is 2.44. The van der Waals surface area contributed by atoms with Crippen molar-refractivity contribution >= 4 is 17.3 Å². The molecule has 0 aromatic carbocycles. The van der Waals surface area contributed by atoms with Gasteiger partial charge < -0.3 is 9.80 Å². The van der Waals surface area contributed by atoms with E-state index in [0.717, 1.165) is 11.0 Å². The van der Waals surface area contributed by atoms with E-state index in [9.17, 15) is 0 Å². The zero-order valence-corrected chi connectivity index (χ0v) is 15.5. The topological polar surface area (TPSA) is 6.48 Å². The summed E-state index contributed by atoms with van der Waals surface area (Å²) in [5.74, 6) is 0.826. The zero-order valence-electron chi connectivity index (χ0n) is 14.6. The third kappa shape index (κ3) is 3.72. The number of nitrogens with zero attached hydrogens (tertiary/aromatic N) is 2. The van der Waals surface area contributed by atoms with Crippen molar-refractivity contribution in [3.63, 3.8) is 0 Å². The fraction of sp³-hybridized carbons (Fsp3) is 0.944. The fourth-order valence-electron chi connectivity index (χ4n) is 4.33. The van der Waals surface area contributed by atoms with Crippen LogP contribution in [0.1, 0.15) is 79.6 Å². The van der Waals surface area contributed by atoms with Crippen LogP contribution in [0.4, 0.5) is 0 Å². The monoisotopic (exact) mass is 310 g/mol. The van der Waals surface area contributed by atoms with Crippen molar-refractivity contribution in [1.82, 2.24) is 9.80 Å². The predicted octanol–water partition coefficient (Wildman–Crippen LogP) is 4.82. The maximum Gasteiger partial charge on any atom is 0.172 e. The lowest BCUT2D eigenvalue weighted by molar-refractivity contribution is 0.177. The van der Waals surface area contributed by atoms with Gasteiger partial charge >= 0.3 is 0 Å². The summed E-state index contributed by atoms with van der Waals surface area (Å²) >= 11 is 5.88. The molecule has 1 aliphatic heterocycles. The maximum atomic E-state index is 5.88. The molecule has 0 spiro atoms. The van der Waals surface area contributed by atoms with Crippen LogP contribution in [0.2, 0.25) is 0 Å². The van der Waals surface area contributed by atoms with Gasteiger partial charge in [0.15, 0.2) is 5.11 Å². The van der Waals surface area contributed by atoms with Gasteiger partial charge in [-0.2, -0.15) is 0 Å². The summed E-state index contributed by atoms with van der Waals surface area (Å²) in [5.41, 5.74) is 0. The molecule has 0 radical (unpaired) electrons. The van der Waals surface area contributed by atoms with Gasteiger partial charge in [-0.15, -0.1) is 0 Å². The molecule has 0 aromatic rings. The summed E-state index contributed by atoms with van der Waals surface area (Å²) in [5, 5.41) is 1.11. The Bertz CT molecular complexity index is 353. The minimum absolute atomic E-state index is 0.517. The molecule has 21 heavy (non-hydrogen) atoms. The first kappa shape index (κ1) is 17.1. The van der Waals surface area contributed by atoms with E-state index in [0.29, 0.717) is 24.2 Å². The van der Waals surface area contributed by atoms with Crippen LogP contribution in [0.3, 0.4) is 0 Å². The largest absolute Gasteiger partial charge is 0.342 e. The molecule has 0 bridgehead atoms. The van der Waals surface area contributed by atoms with Gasteiger partial charge in [0.1, 0.15) is 0 Å². The first-order valence-electron chi connectivity index (χ1n) is 9.04. The van der Waals surface area contributed by atoms with E-state index in [2.05, 4.69) is 44.4 Å². The second-order valence-electron chi connectivity index (χ2n) is 7.75. The van der Waals surface area contributed by atoms with Crippen molar-refractivity contribution in [2.24, 2.45) is 5.92 Å². The fourth-order valence-corrected chi connectivity index (χ4v) is 5.02. The molecule has 122 valence electrons. The molecule has 1 saturated heterocycles. The van der Waals surface area contributed by atoms with Gasteiger partial charge in [0, 0.05) is 12.1 Å². The van der Waals surface area contributed by atoms with Crippen LogP contribution in [0.5, 0.6) is 0 Å². The third-order valence-electron chi connectivity index (χ3n) is 5.30. The van der Waals surface area contributed by atoms with E-state index in [4.69, 9.17) is 12.2 Å². The van der Waals surface area contributed by atoms with Crippen LogP contribution in [-0.4, -0.2) is 39.1 Å². The van der Waals surface area contributed by atoms with Gasteiger partial charge in [0.05, 0.1) is 12.1 Å². The van der Waals surface area contributed by atoms with Gasteiger partial charge in [-0.05, 0) is 58.7 Å². The van der Waals surface area contributed by atoms with Crippen LogP contribution in [-0.2, 0) is 0 Å². The minimum Gasteiger partial charge on any atom is -0.342 e. The smallest absolute Gasteiger partial charge is 0.172 e. The molecule has 1 aliphatic carbocycles. The molecule has 1 heterocycles. The lowest BCUT2D eigenvalue weighted by Gasteiger charge is -2.34. The number of hydrogen-bond donors (Lipinski definition) is 0. The summed E-state index contributed by atoms with van der Waals surface area (Å²) in [6.45, 7) is 11.6. The Hall–Kier alpha value is -0.310. The van der Waals surface area contributed by atoms with Crippen LogP contribution in [0.25, 0.3) is 0 Å². The van der Waals surface area contributed by atoms with Gasteiger partial charge in [0.25, 0.3) is 0 Å². The molecule has 0 N–H and O–H groups in total. The standard InChI is InChI=1S/C18H34N2S/c1-13(2)19-16-11-9-7-6-8-10-15(5)12-17(16)20(14(3)4)18(19)21/h13-17H,6-12H2,1-5H3. The highest BCUT2D eigenvalue weighted by molar-refractivity contribution is 7.80. The second kappa shape index (κ2) is 7.30. The lowest BCUT2D eigenvalue weighted by Crippen LogP contribution is -2.42. The average molecular weight is 311 g/mol. The average Bonchev–Trinajstić information content (AvgIpc) is 2.66. The summed E-state index contributed by atoms with van der Waals surface area (Å²) < 4.78 is 0. The van der Waals surface area contributed by atoms with E-state index in [-0.39, 0.29) is 0 Å². The third-order valence-corrected chi connectivity index (χ3v) is 5.73. The van der Waals surface area contributed by atoms with Crippen LogP contribution in [0.15, 0.2) is 0 Å². The number of hydrogen-bond acceptors (Lipinski definition) is 1. The van der Waals surface area contributed by atoms with Crippen molar-refractivity contribution in [2.75, 3.05) is 0 Å². The molecular formula is C18H34N2S. The van der Waals surface area contributed by atoms with Crippen molar-refractivity contribution in [2.45, 2.75) is 104 Å². The Balaban J connectivity index is 2.27. The summed E-state index contributed by atoms with van der Waals surface area (Å²) in [6, 6.07) is 2.31. The quantitative estimate of drug-likeness (QED) is 0.675. The molecule has 2 fully saturated rings. The number of thiocarbonyl (C=S) groups is 1.